The van der Waals surface area contributed by atoms with Crippen molar-refractivity contribution in [2.45, 2.75) is 6.92 Å². The van der Waals surface area contributed by atoms with Crippen molar-refractivity contribution >= 4 is 23.3 Å². The topological polar surface area (TPSA) is 62.6 Å². The van der Waals surface area contributed by atoms with Gasteiger partial charge in [-0.25, -0.2) is 0 Å². The first-order valence-corrected chi connectivity index (χ1v) is 6.60. The van der Waals surface area contributed by atoms with E-state index in [9.17, 15) is 10.1 Å². The number of rotatable bonds is 7. The molecule has 0 saturated heterocycles. The summed E-state index contributed by atoms with van der Waals surface area (Å²) in [4.78, 5) is 13.4. The van der Waals surface area contributed by atoms with Gasteiger partial charge in [0.15, 0.2) is 0 Å². The summed E-state index contributed by atoms with van der Waals surface area (Å²) in [6, 6.07) is 7.19. The number of esters is 1. The number of halogens is 1. The average molecular weight is 297 g/mol. The molecular formula is C14H17ClN2O3. The normalized spacial score (nSPS) is 9.90. The van der Waals surface area contributed by atoms with Crippen LogP contribution >= 0.6 is 11.6 Å². The largest absolute Gasteiger partial charge is 0.465 e. The molecule has 0 saturated carbocycles. The maximum absolute atomic E-state index is 11.7. The third-order valence-corrected chi connectivity index (χ3v) is 2.95. The molecule has 0 aliphatic carbocycles. The van der Waals surface area contributed by atoms with Crippen molar-refractivity contribution in [3.8, 4) is 6.07 Å². The number of benzene rings is 1. The Morgan fingerprint density at radius 2 is 2.25 bits per heavy atom. The van der Waals surface area contributed by atoms with Crippen LogP contribution in [0.25, 0.3) is 0 Å². The van der Waals surface area contributed by atoms with Crippen molar-refractivity contribution in [1.29, 1.82) is 5.26 Å². The summed E-state index contributed by atoms with van der Waals surface area (Å²) >= 11 is 6.01. The molecule has 0 spiro atoms. The van der Waals surface area contributed by atoms with E-state index in [1.54, 1.807) is 37.1 Å². The fourth-order valence-corrected chi connectivity index (χ4v) is 1.95. The Morgan fingerprint density at radius 3 is 2.85 bits per heavy atom. The van der Waals surface area contributed by atoms with Gasteiger partial charge in [0, 0.05) is 13.7 Å². The molecule has 0 aliphatic heterocycles. The standard InChI is InChI=1S/C14H17ClN2O3/c1-3-20-14(18)10-17(7-8-19-2)13-6-4-5-12(15)11(13)9-16/h4-6H,3,7-8,10H2,1-2H3. The molecule has 0 fully saturated rings. The molecule has 0 aromatic heterocycles. The van der Waals surface area contributed by atoms with Gasteiger partial charge in [-0.3, -0.25) is 4.79 Å². The monoisotopic (exact) mass is 296 g/mol. The van der Waals surface area contributed by atoms with Crippen LogP contribution in [-0.4, -0.2) is 39.4 Å². The summed E-state index contributed by atoms with van der Waals surface area (Å²) in [7, 11) is 1.58. The molecule has 1 aromatic carbocycles. The van der Waals surface area contributed by atoms with Crippen LogP contribution in [0.1, 0.15) is 12.5 Å². The zero-order valence-corrected chi connectivity index (χ0v) is 12.3. The van der Waals surface area contributed by atoms with E-state index in [0.29, 0.717) is 36.0 Å². The molecule has 0 unspecified atom stereocenters. The van der Waals surface area contributed by atoms with Gasteiger partial charge >= 0.3 is 5.97 Å². The first-order chi connectivity index (χ1) is 9.63. The van der Waals surface area contributed by atoms with Crippen LogP contribution in [-0.2, 0) is 14.3 Å². The molecule has 5 nitrogen and oxygen atoms in total. The molecule has 0 N–H and O–H groups in total. The third kappa shape index (κ3) is 4.41. The van der Waals surface area contributed by atoms with E-state index in [1.807, 2.05) is 0 Å². The van der Waals surface area contributed by atoms with Crippen LogP contribution in [0.3, 0.4) is 0 Å². The van der Waals surface area contributed by atoms with Gasteiger partial charge in [-0.1, -0.05) is 17.7 Å². The van der Waals surface area contributed by atoms with Gasteiger partial charge < -0.3 is 14.4 Å². The molecule has 108 valence electrons. The number of hydrogen-bond donors (Lipinski definition) is 0. The van der Waals surface area contributed by atoms with Crippen LogP contribution in [0.4, 0.5) is 5.69 Å². The number of carbonyl (C=O) groups excluding carboxylic acids is 1. The summed E-state index contributed by atoms with van der Waals surface area (Å²) < 4.78 is 9.97. The summed E-state index contributed by atoms with van der Waals surface area (Å²) in [5, 5.41) is 9.56. The number of ether oxygens (including phenoxy) is 2. The molecule has 1 aromatic rings. The lowest BCUT2D eigenvalue weighted by molar-refractivity contribution is -0.141. The lowest BCUT2D eigenvalue weighted by Gasteiger charge is -2.24. The third-order valence-electron chi connectivity index (χ3n) is 2.63. The van der Waals surface area contributed by atoms with E-state index in [1.165, 1.54) is 0 Å². The first kappa shape index (κ1) is 16.3. The second kappa shape index (κ2) is 8.41. The van der Waals surface area contributed by atoms with E-state index in [-0.39, 0.29) is 12.5 Å². The molecule has 0 radical (unpaired) electrons. The molecule has 20 heavy (non-hydrogen) atoms. The van der Waals surface area contributed by atoms with Crippen LogP contribution in [0, 0.1) is 11.3 Å². The highest BCUT2D eigenvalue weighted by atomic mass is 35.5. The van der Waals surface area contributed by atoms with Gasteiger partial charge in [0.05, 0.1) is 29.5 Å². The van der Waals surface area contributed by atoms with Crippen molar-refractivity contribution in [3.63, 3.8) is 0 Å². The van der Waals surface area contributed by atoms with Crippen molar-refractivity contribution in [2.24, 2.45) is 0 Å². The number of nitriles is 1. The minimum absolute atomic E-state index is 0.0478. The van der Waals surface area contributed by atoms with Crippen molar-refractivity contribution in [1.82, 2.24) is 0 Å². The number of methoxy groups -OCH3 is 1. The molecule has 6 heteroatoms. The zero-order valence-electron chi connectivity index (χ0n) is 11.6. The van der Waals surface area contributed by atoms with Crippen molar-refractivity contribution < 1.29 is 14.3 Å². The van der Waals surface area contributed by atoms with Crippen molar-refractivity contribution in [2.75, 3.05) is 38.3 Å². The number of carbonyl (C=O) groups is 1. The fraction of sp³-hybridized carbons (Fsp3) is 0.429. The minimum Gasteiger partial charge on any atom is -0.465 e. The van der Waals surface area contributed by atoms with E-state index in [2.05, 4.69) is 6.07 Å². The Hall–Kier alpha value is -1.77. The molecular weight excluding hydrogens is 280 g/mol. The summed E-state index contributed by atoms with van der Waals surface area (Å²) in [6.07, 6.45) is 0. The van der Waals surface area contributed by atoms with Gasteiger partial charge in [-0.05, 0) is 19.1 Å². The molecule has 0 aliphatic rings. The number of nitrogens with zero attached hydrogens (tertiary/aromatic N) is 2. The van der Waals surface area contributed by atoms with Gasteiger partial charge in [0.25, 0.3) is 0 Å². The lowest BCUT2D eigenvalue weighted by Crippen LogP contribution is -2.34. The van der Waals surface area contributed by atoms with Gasteiger partial charge in [0.1, 0.15) is 12.6 Å². The van der Waals surface area contributed by atoms with E-state index in [4.69, 9.17) is 21.1 Å². The van der Waals surface area contributed by atoms with Gasteiger partial charge in [-0.15, -0.1) is 0 Å². The van der Waals surface area contributed by atoms with Crippen LogP contribution in [0.15, 0.2) is 18.2 Å². The minimum atomic E-state index is -0.354. The van der Waals surface area contributed by atoms with Gasteiger partial charge in [-0.2, -0.15) is 5.26 Å². The Labute approximate surface area is 123 Å². The van der Waals surface area contributed by atoms with E-state index >= 15 is 0 Å². The predicted octanol–water partition coefficient (Wildman–Crippen LogP) is 2.23. The smallest absolute Gasteiger partial charge is 0.325 e. The molecule has 0 heterocycles. The quantitative estimate of drug-likeness (QED) is 0.722. The van der Waals surface area contributed by atoms with Crippen LogP contribution in [0.5, 0.6) is 0 Å². The fourth-order valence-electron chi connectivity index (χ4n) is 1.74. The van der Waals surface area contributed by atoms with E-state index < -0.39 is 0 Å². The Bertz CT molecular complexity index is 500. The zero-order chi connectivity index (χ0) is 15.0. The lowest BCUT2D eigenvalue weighted by atomic mass is 10.1. The molecule has 0 bridgehead atoms. The first-order valence-electron chi connectivity index (χ1n) is 6.22. The van der Waals surface area contributed by atoms with Crippen LogP contribution in [0.2, 0.25) is 5.02 Å². The predicted molar refractivity (Wildman–Crippen MR) is 76.9 cm³/mol. The molecule has 0 atom stereocenters. The number of hydrogen-bond acceptors (Lipinski definition) is 5. The maximum Gasteiger partial charge on any atom is 0.325 e. The van der Waals surface area contributed by atoms with Crippen molar-refractivity contribution in [3.05, 3.63) is 28.8 Å². The molecule has 0 amide bonds. The average Bonchev–Trinajstić information content (AvgIpc) is 2.43. The Morgan fingerprint density at radius 1 is 1.50 bits per heavy atom. The second-order valence-electron chi connectivity index (χ2n) is 3.97. The Kier molecular flexibility index (Phi) is 6.85. The molecule has 1 rings (SSSR count). The van der Waals surface area contributed by atoms with E-state index in [0.717, 1.165) is 0 Å². The van der Waals surface area contributed by atoms with Gasteiger partial charge in [0.2, 0.25) is 0 Å². The highest BCUT2D eigenvalue weighted by Gasteiger charge is 2.17. The van der Waals surface area contributed by atoms with Crippen LogP contribution < -0.4 is 4.90 Å². The summed E-state index contributed by atoms with van der Waals surface area (Å²) in [5.41, 5.74) is 0.944. The summed E-state index contributed by atoms with van der Waals surface area (Å²) in [5.74, 6) is -0.354. The second-order valence-corrected chi connectivity index (χ2v) is 4.37. The summed E-state index contributed by atoms with van der Waals surface area (Å²) in [6.45, 7) is 3.00. The Balaban J connectivity index is 3.01. The highest BCUT2D eigenvalue weighted by molar-refractivity contribution is 6.32. The highest BCUT2D eigenvalue weighted by Crippen LogP contribution is 2.26. The number of anilines is 1. The maximum atomic E-state index is 11.7. The SMILES string of the molecule is CCOC(=O)CN(CCOC)c1cccc(Cl)c1C#N.